The van der Waals surface area contributed by atoms with E-state index in [1.165, 1.54) is 25.6 Å². The topological polar surface area (TPSA) is 90.3 Å². The number of methoxy groups -OCH3 is 1. The number of rotatable bonds is 9. The normalized spacial score (nSPS) is 11.5. The van der Waals surface area contributed by atoms with Crippen LogP contribution in [0.3, 0.4) is 0 Å². The Hall–Kier alpha value is -3.83. The Morgan fingerprint density at radius 1 is 1.14 bits per heavy atom. The third kappa shape index (κ3) is 6.04. The fourth-order valence-corrected chi connectivity index (χ4v) is 3.69. The SMILES string of the molecule is COCC(=O)NCCn1ccc2ncnc(Nc3ccc(Oc4cccc(C(F)(F)F)c4)c(Cl)c3)c21. The van der Waals surface area contributed by atoms with E-state index in [1.54, 1.807) is 18.2 Å². The molecule has 36 heavy (non-hydrogen) atoms. The van der Waals surface area contributed by atoms with E-state index in [0.29, 0.717) is 30.1 Å². The van der Waals surface area contributed by atoms with Gasteiger partial charge in [-0.3, -0.25) is 4.79 Å². The minimum Gasteiger partial charge on any atom is -0.456 e. The van der Waals surface area contributed by atoms with Crippen molar-refractivity contribution in [2.75, 3.05) is 25.6 Å². The van der Waals surface area contributed by atoms with Gasteiger partial charge in [0.2, 0.25) is 5.91 Å². The molecule has 0 aliphatic heterocycles. The quantitative estimate of drug-likeness (QED) is 0.308. The number of hydrogen-bond donors (Lipinski definition) is 2. The second-order valence-corrected chi connectivity index (χ2v) is 8.05. The standard InChI is InChI=1S/C24H21ClF3N5O3/c1-35-13-21(34)29-8-10-33-9-7-19-22(33)23(31-14-30-19)32-16-5-6-20(18(25)12-16)36-17-4-2-3-15(11-17)24(26,27)28/h2-7,9,11-12,14H,8,10,13H2,1H3,(H,29,34)(H,30,31,32). The summed E-state index contributed by atoms with van der Waals surface area (Å²) in [6.45, 7) is 0.843. The van der Waals surface area contributed by atoms with Gasteiger partial charge >= 0.3 is 6.18 Å². The van der Waals surface area contributed by atoms with Crippen molar-refractivity contribution in [1.82, 2.24) is 19.9 Å². The fourth-order valence-electron chi connectivity index (χ4n) is 3.47. The number of hydrogen-bond acceptors (Lipinski definition) is 6. The van der Waals surface area contributed by atoms with Crippen molar-refractivity contribution in [1.29, 1.82) is 0 Å². The average Bonchev–Trinajstić information content (AvgIpc) is 3.25. The highest BCUT2D eigenvalue weighted by atomic mass is 35.5. The first kappa shape index (κ1) is 25.3. The molecule has 188 valence electrons. The van der Waals surface area contributed by atoms with Crippen molar-refractivity contribution in [3.8, 4) is 11.5 Å². The predicted molar refractivity (Wildman–Crippen MR) is 129 cm³/mol. The minimum atomic E-state index is -4.48. The summed E-state index contributed by atoms with van der Waals surface area (Å²) in [5.41, 5.74) is 1.19. The van der Waals surface area contributed by atoms with Gasteiger partial charge in [-0.25, -0.2) is 9.97 Å². The Kier molecular flexibility index (Phi) is 7.61. The number of ether oxygens (including phenoxy) is 2. The summed E-state index contributed by atoms with van der Waals surface area (Å²) in [6, 6.07) is 11.2. The predicted octanol–water partition coefficient (Wildman–Crippen LogP) is 5.40. The number of nitrogens with zero attached hydrogens (tertiary/aromatic N) is 3. The van der Waals surface area contributed by atoms with Gasteiger partial charge in [0, 0.05) is 32.1 Å². The number of benzene rings is 2. The van der Waals surface area contributed by atoms with E-state index in [9.17, 15) is 18.0 Å². The van der Waals surface area contributed by atoms with E-state index in [1.807, 2.05) is 16.8 Å². The van der Waals surface area contributed by atoms with Crippen LogP contribution in [-0.4, -0.2) is 40.7 Å². The maximum atomic E-state index is 13.0. The molecule has 0 aliphatic carbocycles. The van der Waals surface area contributed by atoms with Gasteiger partial charge in [-0.2, -0.15) is 13.2 Å². The van der Waals surface area contributed by atoms with Gasteiger partial charge in [-0.15, -0.1) is 0 Å². The number of anilines is 2. The number of amides is 1. The summed E-state index contributed by atoms with van der Waals surface area (Å²) in [5.74, 6) is 0.506. The molecule has 1 amide bonds. The van der Waals surface area contributed by atoms with E-state index in [4.69, 9.17) is 21.1 Å². The monoisotopic (exact) mass is 519 g/mol. The molecule has 0 spiro atoms. The van der Waals surface area contributed by atoms with Crippen molar-refractivity contribution < 1.29 is 27.4 Å². The molecule has 0 radical (unpaired) electrons. The Morgan fingerprint density at radius 2 is 1.97 bits per heavy atom. The number of fused-ring (bicyclic) bond motifs is 1. The molecule has 12 heteroatoms. The first-order chi connectivity index (χ1) is 17.2. The number of aromatic nitrogens is 3. The summed E-state index contributed by atoms with van der Waals surface area (Å²) in [7, 11) is 1.45. The highest BCUT2D eigenvalue weighted by molar-refractivity contribution is 6.32. The minimum absolute atomic E-state index is 0.0142. The second kappa shape index (κ2) is 10.8. The van der Waals surface area contributed by atoms with Crippen LogP contribution in [0.25, 0.3) is 11.0 Å². The molecule has 4 rings (SSSR count). The molecule has 0 saturated heterocycles. The van der Waals surface area contributed by atoms with Crippen molar-refractivity contribution >= 4 is 40.0 Å². The summed E-state index contributed by atoms with van der Waals surface area (Å²) in [5, 5.41) is 6.14. The van der Waals surface area contributed by atoms with E-state index in [2.05, 4.69) is 20.6 Å². The molecular weight excluding hydrogens is 499 g/mol. The van der Waals surface area contributed by atoms with Crippen LogP contribution >= 0.6 is 11.6 Å². The lowest BCUT2D eigenvalue weighted by atomic mass is 10.2. The van der Waals surface area contributed by atoms with Gasteiger partial charge < -0.3 is 24.7 Å². The Labute approximate surface area is 209 Å². The lowest BCUT2D eigenvalue weighted by molar-refractivity contribution is -0.137. The maximum Gasteiger partial charge on any atom is 0.416 e. The molecule has 2 N–H and O–H groups in total. The van der Waals surface area contributed by atoms with Gasteiger partial charge in [0.15, 0.2) is 5.82 Å². The van der Waals surface area contributed by atoms with Crippen molar-refractivity contribution in [2.45, 2.75) is 12.7 Å². The van der Waals surface area contributed by atoms with Crippen LogP contribution in [-0.2, 0) is 22.3 Å². The van der Waals surface area contributed by atoms with Crippen LogP contribution in [0.2, 0.25) is 5.02 Å². The highest BCUT2D eigenvalue weighted by Crippen LogP contribution is 2.36. The molecule has 2 heterocycles. The van der Waals surface area contributed by atoms with Crippen LogP contribution in [0.5, 0.6) is 11.5 Å². The van der Waals surface area contributed by atoms with Crippen molar-refractivity contribution in [3.63, 3.8) is 0 Å². The van der Waals surface area contributed by atoms with Gasteiger partial charge in [0.25, 0.3) is 0 Å². The Bertz CT molecular complexity index is 1380. The van der Waals surface area contributed by atoms with Crippen molar-refractivity contribution in [3.05, 3.63) is 71.6 Å². The number of halogens is 4. The van der Waals surface area contributed by atoms with Crippen LogP contribution in [0.1, 0.15) is 5.56 Å². The molecule has 0 unspecified atom stereocenters. The molecule has 0 atom stereocenters. The lowest BCUT2D eigenvalue weighted by Gasteiger charge is -2.13. The van der Waals surface area contributed by atoms with Crippen LogP contribution in [0.15, 0.2) is 61.1 Å². The van der Waals surface area contributed by atoms with E-state index >= 15 is 0 Å². The third-order valence-corrected chi connectivity index (χ3v) is 5.38. The molecule has 2 aromatic carbocycles. The smallest absolute Gasteiger partial charge is 0.416 e. The summed E-state index contributed by atoms with van der Waals surface area (Å²) in [6.07, 6.45) is -1.22. The molecule has 4 aromatic rings. The molecular formula is C24H21ClF3N5O3. The van der Waals surface area contributed by atoms with E-state index in [-0.39, 0.29) is 29.0 Å². The highest BCUT2D eigenvalue weighted by Gasteiger charge is 2.30. The molecule has 0 saturated carbocycles. The fraction of sp³-hybridized carbons (Fsp3) is 0.208. The largest absolute Gasteiger partial charge is 0.456 e. The van der Waals surface area contributed by atoms with E-state index in [0.717, 1.165) is 17.6 Å². The molecule has 0 fully saturated rings. The van der Waals surface area contributed by atoms with Crippen molar-refractivity contribution in [2.24, 2.45) is 0 Å². The number of alkyl halides is 3. The van der Waals surface area contributed by atoms with Crippen LogP contribution in [0.4, 0.5) is 24.7 Å². The number of carbonyl (C=O) groups excluding carboxylic acids is 1. The lowest BCUT2D eigenvalue weighted by Crippen LogP contribution is -2.30. The summed E-state index contributed by atoms with van der Waals surface area (Å²) >= 11 is 6.35. The molecule has 2 aromatic heterocycles. The first-order valence-corrected chi connectivity index (χ1v) is 11.1. The van der Waals surface area contributed by atoms with Crippen LogP contribution in [0, 0.1) is 0 Å². The summed E-state index contributed by atoms with van der Waals surface area (Å²) in [4.78, 5) is 20.2. The van der Waals surface area contributed by atoms with Gasteiger partial charge in [0.1, 0.15) is 29.9 Å². The first-order valence-electron chi connectivity index (χ1n) is 10.7. The van der Waals surface area contributed by atoms with Gasteiger partial charge in [-0.05, 0) is 42.5 Å². The van der Waals surface area contributed by atoms with Gasteiger partial charge in [-0.1, -0.05) is 17.7 Å². The maximum absolute atomic E-state index is 13.0. The summed E-state index contributed by atoms with van der Waals surface area (Å²) < 4.78 is 51.2. The zero-order chi connectivity index (χ0) is 25.7. The molecule has 0 bridgehead atoms. The Balaban J connectivity index is 1.50. The zero-order valence-electron chi connectivity index (χ0n) is 19.0. The molecule has 0 aliphatic rings. The third-order valence-electron chi connectivity index (χ3n) is 5.08. The number of nitrogens with one attached hydrogen (secondary N) is 2. The Morgan fingerprint density at radius 3 is 2.72 bits per heavy atom. The number of carbonyl (C=O) groups is 1. The van der Waals surface area contributed by atoms with E-state index < -0.39 is 11.7 Å². The zero-order valence-corrected chi connectivity index (χ0v) is 19.7. The van der Waals surface area contributed by atoms with Crippen LogP contribution < -0.4 is 15.4 Å². The second-order valence-electron chi connectivity index (χ2n) is 7.65. The average molecular weight is 520 g/mol. The molecule has 8 nitrogen and oxygen atoms in total. The van der Waals surface area contributed by atoms with Gasteiger partial charge in [0.05, 0.1) is 16.1 Å².